The zero-order valence-corrected chi connectivity index (χ0v) is 15.7. The quantitative estimate of drug-likeness (QED) is 0.670. The highest BCUT2D eigenvalue weighted by molar-refractivity contribution is 5.87. The predicted molar refractivity (Wildman–Crippen MR) is 103 cm³/mol. The number of hydrogen-bond donors (Lipinski definition) is 2. The molecule has 144 valence electrons. The van der Waals surface area contributed by atoms with Crippen LogP contribution in [0.4, 0.5) is 0 Å². The number of amides is 1. The van der Waals surface area contributed by atoms with E-state index in [1.165, 1.54) is 0 Å². The standard InChI is InChI=1S/C21H25NO5/c1-26-18-10-9-16(19(14-18)27-2)6-4-8-20(23)22-12-11-15-5-3-7-17(13-15)21(24)25/h3,5,7,9-10,13-14H,4,6,8,11-12H2,1-2H3,(H,22,23)(H,24,25). The van der Waals surface area contributed by atoms with E-state index in [2.05, 4.69) is 5.32 Å². The molecule has 2 rings (SSSR count). The Morgan fingerprint density at radius 1 is 1.04 bits per heavy atom. The van der Waals surface area contributed by atoms with Crippen LogP contribution in [0.25, 0.3) is 0 Å². The molecule has 2 aromatic rings. The minimum atomic E-state index is -0.949. The van der Waals surface area contributed by atoms with E-state index in [-0.39, 0.29) is 11.5 Å². The number of ether oxygens (including phenoxy) is 2. The second kappa shape index (κ2) is 10.2. The summed E-state index contributed by atoms with van der Waals surface area (Å²) in [7, 11) is 3.22. The molecule has 0 saturated carbocycles. The summed E-state index contributed by atoms with van der Waals surface area (Å²) in [6, 6.07) is 12.4. The molecular formula is C21H25NO5. The summed E-state index contributed by atoms with van der Waals surface area (Å²) in [6.45, 7) is 0.480. The topological polar surface area (TPSA) is 84.9 Å². The van der Waals surface area contributed by atoms with Crippen molar-refractivity contribution in [1.82, 2.24) is 5.32 Å². The lowest BCUT2D eigenvalue weighted by molar-refractivity contribution is -0.121. The first-order chi connectivity index (χ1) is 13.0. The summed E-state index contributed by atoms with van der Waals surface area (Å²) in [5.74, 6) is 0.528. The van der Waals surface area contributed by atoms with Crippen LogP contribution in [0.3, 0.4) is 0 Å². The van der Waals surface area contributed by atoms with Gasteiger partial charge in [-0.05, 0) is 48.6 Å². The van der Waals surface area contributed by atoms with Crippen molar-refractivity contribution in [1.29, 1.82) is 0 Å². The molecule has 1 amide bonds. The van der Waals surface area contributed by atoms with Gasteiger partial charge >= 0.3 is 5.97 Å². The van der Waals surface area contributed by atoms with Gasteiger partial charge in [-0.25, -0.2) is 4.79 Å². The fraction of sp³-hybridized carbons (Fsp3) is 0.333. The lowest BCUT2D eigenvalue weighted by atomic mass is 10.1. The van der Waals surface area contributed by atoms with Crippen LogP contribution >= 0.6 is 0 Å². The third-order valence-electron chi connectivity index (χ3n) is 4.25. The molecule has 0 unspecified atom stereocenters. The Labute approximate surface area is 159 Å². The maximum absolute atomic E-state index is 12.0. The molecule has 0 radical (unpaired) electrons. The Balaban J connectivity index is 1.74. The summed E-state index contributed by atoms with van der Waals surface area (Å²) >= 11 is 0. The van der Waals surface area contributed by atoms with Gasteiger partial charge in [-0.3, -0.25) is 4.79 Å². The molecule has 6 nitrogen and oxygen atoms in total. The SMILES string of the molecule is COc1ccc(CCCC(=O)NCCc2cccc(C(=O)O)c2)c(OC)c1. The fourth-order valence-electron chi connectivity index (χ4n) is 2.79. The summed E-state index contributed by atoms with van der Waals surface area (Å²) in [5, 5.41) is 11.9. The number of rotatable bonds is 10. The Hall–Kier alpha value is -3.02. The Bertz CT molecular complexity index is 788. The molecule has 27 heavy (non-hydrogen) atoms. The van der Waals surface area contributed by atoms with Crippen molar-refractivity contribution >= 4 is 11.9 Å². The smallest absolute Gasteiger partial charge is 0.335 e. The monoisotopic (exact) mass is 371 g/mol. The van der Waals surface area contributed by atoms with Gasteiger partial charge < -0.3 is 19.9 Å². The number of hydrogen-bond acceptors (Lipinski definition) is 4. The van der Waals surface area contributed by atoms with E-state index in [1.807, 2.05) is 24.3 Å². The summed E-state index contributed by atoms with van der Waals surface area (Å²) in [5.41, 5.74) is 2.18. The molecule has 6 heteroatoms. The van der Waals surface area contributed by atoms with Gasteiger partial charge in [-0.2, -0.15) is 0 Å². The van der Waals surface area contributed by atoms with E-state index in [0.29, 0.717) is 25.8 Å². The second-order valence-corrected chi connectivity index (χ2v) is 6.14. The third-order valence-corrected chi connectivity index (χ3v) is 4.25. The number of aryl methyl sites for hydroxylation is 1. The van der Waals surface area contributed by atoms with E-state index in [4.69, 9.17) is 14.6 Å². The molecule has 0 aliphatic heterocycles. The van der Waals surface area contributed by atoms with Crippen LogP contribution in [0.15, 0.2) is 42.5 Å². The van der Waals surface area contributed by atoms with Crippen molar-refractivity contribution < 1.29 is 24.2 Å². The molecule has 0 atom stereocenters. The first kappa shape index (κ1) is 20.3. The van der Waals surface area contributed by atoms with Gasteiger partial charge in [0.25, 0.3) is 0 Å². The van der Waals surface area contributed by atoms with Gasteiger partial charge in [0.1, 0.15) is 11.5 Å². The van der Waals surface area contributed by atoms with Crippen molar-refractivity contribution in [3.8, 4) is 11.5 Å². The molecule has 2 N–H and O–H groups in total. The minimum Gasteiger partial charge on any atom is -0.497 e. The molecule has 0 fully saturated rings. The van der Waals surface area contributed by atoms with Crippen molar-refractivity contribution in [3.63, 3.8) is 0 Å². The van der Waals surface area contributed by atoms with Gasteiger partial charge in [0, 0.05) is 19.0 Å². The van der Waals surface area contributed by atoms with Gasteiger partial charge in [-0.15, -0.1) is 0 Å². The highest BCUT2D eigenvalue weighted by Crippen LogP contribution is 2.25. The van der Waals surface area contributed by atoms with E-state index in [1.54, 1.807) is 32.4 Å². The number of carboxylic acids is 1. The van der Waals surface area contributed by atoms with Crippen LogP contribution in [0, 0.1) is 0 Å². The molecule has 0 heterocycles. The molecular weight excluding hydrogens is 346 g/mol. The van der Waals surface area contributed by atoms with Crippen molar-refractivity contribution in [2.75, 3.05) is 20.8 Å². The van der Waals surface area contributed by atoms with Crippen molar-refractivity contribution in [2.24, 2.45) is 0 Å². The lowest BCUT2D eigenvalue weighted by Gasteiger charge is -2.10. The number of methoxy groups -OCH3 is 2. The zero-order chi connectivity index (χ0) is 19.6. The van der Waals surface area contributed by atoms with E-state index >= 15 is 0 Å². The average molecular weight is 371 g/mol. The number of aromatic carboxylic acids is 1. The van der Waals surface area contributed by atoms with E-state index in [9.17, 15) is 9.59 Å². The summed E-state index contributed by atoms with van der Waals surface area (Å²) in [4.78, 5) is 23.0. The highest BCUT2D eigenvalue weighted by Gasteiger charge is 2.08. The van der Waals surface area contributed by atoms with E-state index < -0.39 is 5.97 Å². The van der Waals surface area contributed by atoms with Crippen LogP contribution < -0.4 is 14.8 Å². The van der Waals surface area contributed by atoms with Gasteiger partial charge in [-0.1, -0.05) is 18.2 Å². The van der Waals surface area contributed by atoms with Gasteiger partial charge in [0.15, 0.2) is 0 Å². The van der Waals surface area contributed by atoms with Gasteiger partial charge in [0.05, 0.1) is 19.8 Å². The predicted octanol–water partition coefficient (Wildman–Crippen LogP) is 3.08. The van der Waals surface area contributed by atoms with Crippen LogP contribution in [-0.4, -0.2) is 37.7 Å². The second-order valence-electron chi connectivity index (χ2n) is 6.14. The average Bonchev–Trinajstić information content (AvgIpc) is 2.68. The van der Waals surface area contributed by atoms with E-state index in [0.717, 1.165) is 29.0 Å². The van der Waals surface area contributed by atoms with Crippen molar-refractivity contribution in [3.05, 3.63) is 59.2 Å². The van der Waals surface area contributed by atoms with Crippen LogP contribution in [0.2, 0.25) is 0 Å². The minimum absolute atomic E-state index is 0.0168. The first-order valence-electron chi connectivity index (χ1n) is 8.83. The Morgan fingerprint density at radius 3 is 2.56 bits per heavy atom. The Morgan fingerprint density at radius 2 is 1.85 bits per heavy atom. The summed E-state index contributed by atoms with van der Waals surface area (Å²) < 4.78 is 10.5. The number of nitrogens with one attached hydrogen (secondary N) is 1. The lowest BCUT2D eigenvalue weighted by Crippen LogP contribution is -2.25. The third kappa shape index (κ3) is 6.33. The van der Waals surface area contributed by atoms with Crippen LogP contribution in [0.5, 0.6) is 11.5 Å². The van der Waals surface area contributed by atoms with Crippen LogP contribution in [-0.2, 0) is 17.6 Å². The molecule has 2 aromatic carbocycles. The largest absolute Gasteiger partial charge is 0.497 e. The molecule has 0 aliphatic rings. The fourth-order valence-corrected chi connectivity index (χ4v) is 2.79. The molecule has 0 saturated heterocycles. The molecule has 0 aliphatic carbocycles. The molecule has 0 spiro atoms. The van der Waals surface area contributed by atoms with Gasteiger partial charge in [0.2, 0.25) is 5.91 Å². The Kier molecular flexibility index (Phi) is 7.67. The number of carbonyl (C=O) groups is 2. The maximum atomic E-state index is 12.0. The highest BCUT2D eigenvalue weighted by atomic mass is 16.5. The maximum Gasteiger partial charge on any atom is 0.335 e. The first-order valence-corrected chi connectivity index (χ1v) is 8.83. The molecule has 0 bridgehead atoms. The van der Waals surface area contributed by atoms with Crippen molar-refractivity contribution in [2.45, 2.75) is 25.7 Å². The number of benzene rings is 2. The number of carboxylic acid groups (broad SMARTS) is 1. The zero-order valence-electron chi connectivity index (χ0n) is 15.7. The molecule has 0 aromatic heterocycles. The number of carbonyl (C=O) groups excluding carboxylic acids is 1. The van der Waals surface area contributed by atoms with Crippen LogP contribution in [0.1, 0.15) is 34.3 Å². The summed E-state index contributed by atoms with van der Waals surface area (Å²) in [6.07, 6.45) is 2.47. The normalized spacial score (nSPS) is 10.3.